The van der Waals surface area contributed by atoms with Crippen molar-refractivity contribution >= 4 is 35.0 Å². The molecule has 0 saturated heterocycles. The topological polar surface area (TPSA) is 41.1 Å². The molecular formula is C14H19ClN2OS. The second kappa shape index (κ2) is 7.17. The molecule has 1 saturated carbocycles. The number of amides is 1. The number of halogens is 1. The van der Waals surface area contributed by atoms with Crippen LogP contribution in [-0.4, -0.2) is 30.0 Å². The fourth-order valence-electron chi connectivity index (χ4n) is 2.32. The number of anilines is 1. The third kappa shape index (κ3) is 4.71. The van der Waals surface area contributed by atoms with Crippen LogP contribution in [0.3, 0.4) is 0 Å². The van der Waals surface area contributed by atoms with Crippen LogP contribution in [0.15, 0.2) is 24.3 Å². The zero-order chi connectivity index (χ0) is 13.7. The van der Waals surface area contributed by atoms with Gasteiger partial charge in [-0.05, 0) is 49.8 Å². The van der Waals surface area contributed by atoms with E-state index < -0.39 is 0 Å². The van der Waals surface area contributed by atoms with Crippen LogP contribution >= 0.6 is 23.4 Å². The number of hydrogen-bond acceptors (Lipinski definition) is 3. The molecule has 0 heterocycles. The van der Waals surface area contributed by atoms with Crippen molar-refractivity contribution in [3.8, 4) is 0 Å². The molecule has 2 N–H and O–H groups in total. The second-order valence-corrected chi connectivity index (χ2v) is 6.38. The summed E-state index contributed by atoms with van der Waals surface area (Å²) in [4.78, 5) is 11.8. The SMILES string of the molecule is CSC1CCC(NCC(=O)Nc2ccc(Cl)cc2)C1. The van der Waals surface area contributed by atoms with Gasteiger partial charge in [0.2, 0.25) is 5.91 Å². The first-order valence-electron chi connectivity index (χ1n) is 6.49. The van der Waals surface area contributed by atoms with E-state index in [2.05, 4.69) is 16.9 Å². The van der Waals surface area contributed by atoms with Gasteiger partial charge in [0.1, 0.15) is 0 Å². The van der Waals surface area contributed by atoms with Crippen molar-refractivity contribution in [1.82, 2.24) is 5.32 Å². The number of rotatable bonds is 5. The summed E-state index contributed by atoms with van der Waals surface area (Å²) >= 11 is 7.72. The van der Waals surface area contributed by atoms with Gasteiger partial charge in [0.25, 0.3) is 0 Å². The summed E-state index contributed by atoms with van der Waals surface area (Å²) in [6.07, 6.45) is 5.73. The molecular weight excluding hydrogens is 280 g/mol. The Balaban J connectivity index is 1.71. The molecule has 2 rings (SSSR count). The predicted octanol–water partition coefficient (Wildman–Crippen LogP) is 3.15. The Kier molecular flexibility index (Phi) is 5.55. The van der Waals surface area contributed by atoms with Crippen molar-refractivity contribution in [2.45, 2.75) is 30.6 Å². The molecule has 0 aliphatic heterocycles. The Hall–Kier alpha value is -0.710. The summed E-state index contributed by atoms with van der Waals surface area (Å²) in [6.45, 7) is 0.369. The molecule has 104 valence electrons. The van der Waals surface area contributed by atoms with Gasteiger partial charge >= 0.3 is 0 Å². The smallest absolute Gasteiger partial charge is 0.238 e. The highest BCUT2D eigenvalue weighted by atomic mass is 35.5. The van der Waals surface area contributed by atoms with E-state index in [0.717, 1.165) is 17.4 Å². The van der Waals surface area contributed by atoms with Crippen LogP contribution in [0, 0.1) is 0 Å². The van der Waals surface area contributed by atoms with Crippen LogP contribution in [0.2, 0.25) is 5.02 Å². The van der Waals surface area contributed by atoms with Crippen LogP contribution in [0.1, 0.15) is 19.3 Å². The lowest BCUT2D eigenvalue weighted by Crippen LogP contribution is -2.34. The van der Waals surface area contributed by atoms with Crippen LogP contribution in [0.5, 0.6) is 0 Å². The molecule has 1 aliphatic carbocycles. The monoisotopic (exact) mass is 298 g/mol. The summed E-state index contributed by atoms with van der Waals surface area (Å²) < 4.78 is 0. The van der Waals surface area contributed by atoms with Gasteiger partial charge in [-0.3, -0.25) is 4.79 Å². The fourth-order valence-corrected chi connectivity index (χ4v) is 3.24. The second-order valence-electron chi connectivity index (χ2n) is 4.80. The molecule has 0 spiro atoms. The van der Waals surface area contributed by atoms with E-state index in [1.807, 2.05) is 11.8 Å². The highest BCUT2D eigenvalue weighted by molar-refractivity contribution is 7.99. The van der Waals surface area contributed by atoms with E-state index in [0.29, 0.717) is 17.6 Å². The Bertz CT molecular complexity index is 424. The van der Waals surface area contributed by atoms with Gasteiger partial charge in [-0.2, -0.15) is 11.8 Å². The summed E-state index contributed by atoms with van der Waals surface area (Å²) in [5, 5.41) is 7.60. The van der Waals surface area contributed by atoms with Crippen molar-refractivity contribution in [2.24, 2.45) is 0 Å². The van der Waals surface area contributed by atoms with Crippen molar-refractivity contribution < 1.29 is 4.79 Å². The van der Waals surface area contributed by atoms with Crippen LogP contribution in [-0.2, 0) is 4.79 Å². The van der Waals surface area contributed by atoms with E-state index in [1.165, 1.54) is 12.8 Å². The standard InChI is InChI=1S/C14H19ClN2OS/c1-19-13-7-6-12(8-13)16-9-14(18)17-11-4-2-10(15)3-5-11/h2-5,12-13,16H,6-9H2,1H3,(H,17,18). The largest absolute Gasteiger partial charge is 0.325 e. The van der Waals surface area contributed by atoms with E-state index in [-0.39, 0.29) is 5.91 Å². The zero-order valence-electron chi connectivity index (χ0n) is 11.0. The van der Waals surface area contributed by atoms with E-state index in [9.17, 15) is 4.79 Å². The molecule has 5 heteroatoms. The number of carbonyl (C=O) groups excluding carboxylic acids is 1. The summed E-state index contributed by atoms with van der Waals surface area (Å²) in [5.74, 6) is -0.00470. The Morgan fingerprint density at radius 1 is 1.37 bits per heavy atom. The molecule has 0 radical (unpaired) electrons. The average molecular weight is 299 g/mol. The maximum absolute atomic E-state index is 11.8. The maximum Gasteiger partial charge on any atom is 0.238 e. The van der Waals surface area contributed by atoms with Gasteiger partial charge in [0, 0.05) is 22.0 Å². The molecule has 2 unspecified atom stereocenters. The molecule has 1 aliphatic rings. The number of thioether (sulfide) groups is 1. The van der Waals surface area contributed by atoms with Crippen molar-refractivity contribution in [3.05, 3.63) is 29.3 Å². The lowest BCUT2D eigenvalue weighted by Gasteiger charge is -2.12. The Morgan fingerprint density at radius 3 is 2.74 bits per heavy atom. The first-order valence-corrected chi connectivity index (χ1v) is 8.15. The fraction of sp³-hybridized carbons (Fsp3) is 0.500. The number of benzene rings is 1. The van der Waals surface area contributed by atoms with Crippen molar-refractivity contribution in [3.63, 3.8) is 0 Å². The Labute approximate surface area is 123 Å². The molecule has 1 aromatic rings. The first kappa shape index (κ1) is 14.7. The first-order chi connectivity index (χ1) is 9.17. The molecule has 1 fully saturated rings. The number of hydrogen-bond donors (Lipinski definition) is 2. The minimum Gasteiger partial charge on any atom is -0.325 e. The van der Waals surface area contributed by atoms with Crippen molar-refractivity contribution in [1.29, 1.82) is 0 Å². The molecule has 19 heavy (non-hydrogen) atoms. The molecule has 2 atom stereocenters. The normalized spacial score (nSPS) is 22.4. The number of nitrogens with one attached hydrogen (secondary N) is 2. The predicted molar refractivity (Wildman–Crippen MR) is 83.0 cm³/mol. The molecule has 1 aromatic carbocycles. The summed E-state index contributed by atoms with van der Waals surface area (Å²) in [5.41, 5.74) is 0.782. The third-order valence-electron chi connectivity index (χ3n) is 3.40. The van der Waals surface area contributed by atoms with Gasteiger partial charge in [-0.1, -0.05) is 11.6 Å². The molecule has 1 amide bonds. The average Bonchev–Trinajstić information content (AvgIpc) is 2.87. The number of carbonyl (C=O) groups is 1. The van der Waals surface area contributed by atoms with Gasteiger partial charge in [0.15, 0.2) is 0 Å². The summed E-state index contributed by atoms with van der Waals surface area (Å²) in [6, 6.07) is 7.63. The summed E-state index contributed by atoms with van der Waals surface area (Å²) in [7, 11) is 0. The Morgan fingerprint density at radius 2 is 2.11 bits per heavy atom. The molecule has 0 bridgehead atoms. The van der Waals surface area contributed by atoms with E-state index in [4.69, 9.17) is 11.6 Å². The van der Waals surface area contributed by atoms with Crippen LogP contribution in [0.25, 0.3) is 0 Å². The lowest BCUT2D eigenvalue weighted by atomic mass is 10.2. The van der Waals surface area contributed by atoms with Crippen LogP contribution < -0.4 is 10.6 Å². The van der Waals surface area contributed by atoms with Gasteiger partial charge in [-0.25, -0.2) is 0 Å². The van der Waals surface area contributed by atoms with Crippen molar-refractivity contribution in [2.75, 3.05) is 18.1 Å². The van der Waals surface area contributed by atoms with E-state index in [1.54, 1.807) is 24.3 Å². The maximum atomic E-state index is 11.8. The molecule has 0 aromatic heterocycles. The minimum absolute atomic E-state index is 0.00470. The van der Waals surface area contributed by atoms with Gasteiger partial charge in [-0.15, -0.1) is 0 Å². The zero-order valence-corrected chi connectivity index (χ0v) is 12.6. The highest BCUT2D eigenvalue weighted by Gasteiger charge is 2.23. The third-order valence-corrected chi connectivity index (χ3v) is 4.74. The quantitative estimate of drug-likeness (QED) is 0.877. The highest BCUT2D eigenvalue weighted by Crippen LogP contribution is 2.27. The van der Waals surface area contributed by atoms with Crippen LogP contribution in [0.4, 0.5) is 5.69 Å². The van der Waals surface area contributed by atoms with Gasteiger partial charge in [0.05, 0.1) is 6.54 Å². The lowest BCUT2D eigenvalue weighted by molar-refractivity contribution is -0.115. The minimum atomic E-state index is -0.00470. The molecule has 3 nitrogen and oxygen atoms in total. The van der Waals surface area contributed by atoms with Gasteiger partial charge < -0.3 is 10.6 Å². The van der Waals surface area contributed by atoms with E-state index >= 15 is 0 Å².